The summed E-state index contributed by atoms with van der Waals surface area (Å²) >= 11 is 0. The fourth-order valence-corrected chi connectivity index (χ4v) is 2.95. The predicted molar refractivity (Wildman–Crippen MR) is 82.4 cm³/mol. The summed E-state index contributed by atoms with van der Waals surface area (Å²) in [6, 6.07) is 5.34. The quantitative estimate of drug-likeness (QED) is 0.622. The van der Waals surface area contributed by atoms with Crippen LogP contribution in [0.15, 0.2) is 18.2 Å². The van der Waals surface area contributed by atoms with E-state index in [1.54, 1.807) is 6.07 Å². The van der Waals surface area contributed by atoms with Gasteiger partial charge in [-0.1, -0.05) is 18.6 Å². The lowest BCUT2D eigenvalue weighted by molar-refractivity contribution is -0.384. The van der Waals surface area contributed by atoms with Crippen LogP contribution in [0, 0.1) is 10.1 Å². The molecule has 1 aromatic rings. The van der Waals surface area contributed by atoms with Crippen LogP contribution in [0.4, 0.5) is 11.4 Å². The Hall–Kier alpha value is -1.66. The van der Waals surface area contributed by atoms with E-state index in [9.17, 15) is 15.2 Å². The van der Waals surface area contributed by atoms with E-state index < -0.39 is 0 Å². The van der Waals surface area contributed by atoms with Crippen LogP contribution >= 0.6 is 0 Å². The van der Waals surface area contributed by atoms with E-state index >= 15 is 0 Å². The molecule has 1 aliphatic heterocycles. The maximum Gasteiger partial charge on any atom is 0.292 e. The summed E-state index contributed by atoms with van der Waals surface area (Å²) in [5, 5.41) is 23.8. The molecule has 1 aromatic carbocycles. The van der Waals surface area contributed by atoms with Crippen LogP contribution in [-0.4, -0.2) is 40.7 Å². The molecule has 1 fully saturated rings. The van der Waals surface area contributed by atoms with Gasteiger partial charge in [0.25, 0.3) is 5.69 Å². The average Bonchev–Trinajstić information content (AvgIpc) is 2.49. The minimum Gasteiger partial charge on any atom is -0.395 e. The maximum absolute atomic E-state index is 11.2. The highest BCUT2D eigenvalue weighted by atomic mass is 16.6. The molecule has 0 aliphatic carbocycles. The zero-order valence-corrected chi connectivity index (χ0v) is 12.4. The van der Waals surface area contributed by atoms with E-state index in [2.05, 4.69) is 10.2 Å². The van der Waals surface area contributed by atoms with Gasteiger partial charge in [0.1, 0.15) is 5.69 Å². The second-order valence-electron chi connectivity index (χ2n) is 5.40. The molecular formula is C15H23N3O3. The summed E-state index contributed by atoms with van der Waals surface area (Å²) < 4.78 is 0. The van der Waals surface area contributed by atoms with Crippen LogP contribution in [-0.2, 0) is 6.54 Å². The molecular weight excluding hydrogens is 270 g/mol. The van der Waals surface area contributed by atoms with Crippen molar-refractivity contribution in [1.29, 1.82) is 0 Å². The Kier molecular flexibility index (Phi) is 5.52. The molecule has 2 N–H and O–H groups in total. The Balaban J connectivity index is 2.25. The smallest absolute Gasteiger partial charge is 0.292 e. The predicted octanol–water partition coefficient (Wildman–Crippen LogP) is 2.37. The second-order valence-corrected chi connectivity index (χ2v) is 5.40. The topological polar surface area (TPSA) is 78.6 Å². The van der Waals surface area contributed by atoms with Gasteiger partial charge in [0.05, 0.1) is 11.5 Å². The highest BCUT2D eigenvalue weighted by Gasteiger charge is 2.24. The SMILES string of the molecule is CCNc1c(CN2CCCCC2CO)cccc1[N+](=O)[O-]. The summed E-state index contributed by atoms with van der Waals surface area (Å²) in [6.45, 7) is 4.28. The van der Waals surface area contributed by atoms with Gasteiger partial charge >= 0.3 is 0 Å². The second kappa shape index (κ2) is 7.38. The molecule has 2 rings (SSSR count). The van der Waals surface area contributed by atoms with E-state index in [0.29, 0.717) is 18.8 Å². The van der Waals surface area contributed by atoms with Crippen molar-refractivity contribution >= 4 is 11.4 Å². The molecule has 6 heteroatoms. The first-order valence-corrected chi connectivity index (χ1v) is 7.52. The summed E-state index contributed by atoms with van der Waals surface area (Å²) in [5.74, 6) is 0. The Morgan fingerprint density at radius 3 is 2.95 bits per heavy atom. The fraction of sp³-hybridized carbons (Fsp3) is 0.600. The van der Waals surface area contributed by atoms with Gasteiger partial charge in [-0.25, -0.2) is 0 Å². The first kappa shape index (κ1) is 15.7. The fourth-order valence-electron chi connectivity index (χ4n) is 2.95. The highest BCUT2D eigenvalue weighted by Crippen LogP contribution is 2.30. The Labute approximate surface area is 124 Å². The third kappa shape index (κ3) is 3.71. The van der Waals surface area contributed by atoms with Gasteiger partial charge in [0.2, 0.25) is 0 Å². The largest absolute Gasteiger partial charge is 0.395 e. The van der Waals surface area contributed by atoms with E-state index in [-0.39, 0.29) is 23.3 Å². The molecule has 0 spiro atoms. The highest BCUT2D eigenvalue weighted by molar-refractivity contribution is 5.66. The minimum atomic E-state index is -0.346. The van der Waals surface area contributed by atoms with Gasteiger partial charge in [-0.2, -0.15) is 0 Å². The third-order valence-corrected chi connectivity index (χ3v) is 4.01. The molecule has 0 saturated carbocycles. The Morgan fingerprint density at radius 2 is 2.29 bits per heavy atom. The Morgan fingerprint density at radius 1 is 1.48 bits per heavy atom. The zero-order valence-electron chi connectivity index (χ0n) is 12.4. The van der Waals surface area contributed by atoms with E-state index in [4.69, 9.17) is 0 Å². The number of nitro groups is 1. The molecule has 0 bridgehead atoms. The Bertz CT molecular complexity index is 493. The number of hydrogen-bond donors (Lipinski definition) is 2. The first-order valence-electron chi connectivity index (χ1n) is 7.52. The number of benzene rings is 1. The average molecular weight is 293 g/mol. The number of para-hydroxylation sites is 1. The van der Waals surface area contributed by atoms with Crippen LogP contribution in [0.25, 0.3) is 0 Å². The van der Waals surface area contributed by atoms with Crippen LogP contribution in [0.5, 0.6) is 0 Å². The van der Waals surface area contributed by atoms with Gasteiger partial charge in [-0.05, 0) is 31.9 Å². The third-order valence-electron chi connectivity index (χ3n) is 4.01. The van der Waals surface area contributed by atoms with Crippen molar-refractivity contribution in [3.63, 3.8) is 0 Å². The maximum atomic E-state index is 11.2. The normalized spacial score (nSPS) is 19.4. The van der Waals surface area contributed by atoms with Crippen molar-refractivity contribution in [2.24, 2.45) is 0 Å². The number of nitro benzene ring substituents is 1. The molecule has 0 amide bonds. The number of nitrogens with zero attached hydrogens (tertiary/aromatic N) is 2. The molecule has 1 saturated heterocycles. The summed E-state index contributed by atoms with van der Waals surface area (Å²) in [5.41, 5.74) is 1.64. The monoisotopic (exact) mass is 293 g/mol. The number of anilines is 1. The number of aliphatic hydroxyl groups excluding tert-OH is 1. The lowest BCUT2D eigenvalue weighted by Gasteiger charge is -2.34. The number of nitrogens with one attached hydrogen (secondary N) is 1. The van der Waals surface area contributed by atoms with Crippen LogP contribution in [0.1, 0.15) is 31.7 Å². The molecule has 1 atom stereocenters. The molecule has 0 radical (unpaired) electrons. The van der Waals surface area contributed by atoms with Crippen molar-refractivity contribution in [3.05, 3.63) is 33.9 Å². The van der Waals surface area contributed by atoms with E-state index in [0.717, 1.165) is 31.4 Å². The van der Waals surface area contributed by atoms with Crippen molar-refractivity contribution in [1.82, 2.24) is 4.90 Å². The molecule has 1 aliphatic rings. The van der Waals surface area contributed by atoms with Gasteiger partial charge in [-0.3, -0.25) is 15.0 Å². The molecule has 21 heavy (non-hydrogen) atoms. The lowest BCUT2D eigenvalue weighted by atomic mass is 10.0. The van der Waals surface area contributed by atoms with Crippen LogP contribution in [0.3, 0.4) is 0 Å². The van der Waals surface area contributed by atoms with Crippen molar-refractivity contribution < 1.29 is 10.0 Å². The van der Waals surface area contributed by atoms with Crippen molar-refractivity contribution in [3.8, 4) is 0 Å². The van der Waals surface area contributed by atoms with Crippen molar-refractivity contribution in [2.75, 3.05) is 25.0 Å². The molecule has 0 aromatic heterocycles. The molecule has 116 valence electrons. The first-order chi connectivity index (χ1) is 10.2. The lowest BCUT2D eigenvalue weighted by Crippen LogP contribution is -2.41. The molecule has 6 nitrogen and oxygen atoms in total. The van der Waals surface area contributed by atoms with E-state index in [1.165, 1.54) is 6.07 Å². The molecule has 1 unspecified atom stereocenters. The van der Waals surface area contributed by atoms with Gasteiger partial charge in [0, 0.05) is 25.2 Å². The zero-order chi connectivity index (χ0) is 15.2. The number of likely N-dealkylation sites (tertiary alicyclic amines) is 1. The molecule has 1 heterocycles. The number of aliphatic hydroxyl groups is 1. The summed E-state index contributed by atoms with van der Waals surface area (Å²) in [6.07, 6.45) is 3.24. The van der Waals surface area contributed by atoms with Crippen LogP contribution in [0.2, 0.25) is 0 Å². The van der Waals surface area contributed by atoms with Gasteiger partial charge in [-0.15, -0.1) is 0 Å². The van der Waals surface area contributed by atoms with E-state index in [1.807, 2.05) is 13.0 Å². The number of hydrogen-bond acceptors (Lipinski definition) is 5. The minimum absolute atomic E-state index is 0.118. The number of rotatable bonds is 6. The van der Waals surface area contributed by atoms with Crippen molar-refractivity contribution in [2.45, 2.75) is 38.8 Å². The van der Waals surface area contributed by atoms with Gasteiger partial charge in [0.15, 0.2) is 0 Å². The van der Waals surface area contributed by atoms with Crippen LogP contribution < -0.4 is 5.32 Å². The number of piperidine rings is 1. The summed E-state index contributed by atoms with van der Waals surface area (Å²) in [7, 11) is 0. The summed E-state index contributed by atoms with van der Waals surface area (Å²) in [4.78, 5) is 13.1. The standard InChI is InChI=1S/C15H23N3O3/c1-2-16-15-12(6-5-8-14(15)18(20)21)10-17-9-4-3-7-13(17)11-19/h5-6,8,13,16,19H,2-4,7,9-11H2,1H3. The van der Waals surface area contributed by atoms with Gasteiger partial charge < -0.3 is 10.4 Å².